The number of anilines is 1. The number of hydrogen-bond acceptors (Lipinski definition) is 5. The fourth-order valence-electron chi connectivity index (χ4n) is 3.16. The molecule has 0 fully saturated rings. The van der Waals surface area contributed by atoms with Crippen LogP contribution in [0.3, 0.4) is 0 Å². The van der Waals surface area contributed by atoms with Gasteiger partial charge in [-0.1, -0.05) is 0 Å². The van der Waals surface area contributed by atoms with Crippen LogP contribution in [0.15, 0.2) is 11.6 Å². The molecule has 7 heteroatoms. The standard InChI is InChI=1S/C15H15N5OS/c1-8-11-12(14(21)18-15-16-6-7-22-15)9-4-3-5-10(9)17-13(11)20(2)19-8/h6-7H,3-5H2,1-2H3,(H,16,18,21). The Kier molecular flexibility index (Phi) is 2.97. The van der Waals surface area contributed by atoms with Crippen LogP contribution >= 0.6 is 11.3 Å². The number of nitrogens with one attached hydrogen (secondary N) is 1. The van der Waals surface area contributed by atoms with Crippen LogP contribution in [-0.2, 0) is 19.9 Å². The largest absolute Gasteiger partial charge is 0.298 e. The van der Waals surface area contributed by atoms with Crippen molar-refractivity contribution < 1.29 is 4.79 Å². The van der Waals surface area contributed by atoms with Crippen molar-refractivity contribution in [2.45, 2.75) is 26.2 Å². The van der Waals surface area contributed by atoms with E-state index in [0.717, 1.165) is 52.8 Å². The van der Waals surface area contributed by atoms with Gasteiger partial charge in [-0.05, 0) is 31.7 Å². The minimum absolute atomic E-state index is 0.114. The zero-order valence-corrected chi connectivity index (χ0v) is 13.2. The molecule has 0 saturated carbocycles. The Bertz CT molecular complexity index is 881. The number of pyridine rings is 1. The van der Waals surface area contributed by atoms with Crippen molar-refractivity contribution in [3.63, 3.8) is 0 Å². The van der Waals surface area contributed by atoms with Gasteiger partial charge in [-0.25, -0.2) is 9.97 Å². The Hall–Kier alpha value is -2.28. The summed E-state index contributed by atoms with van der Waals surface area (Å²) >= 11 is 1.41. The summed E-state index contributed by atoms with van der Waals surface area (Å²) in [6.45, 7) is 1.92. The summed E-state index contributed by atoms with van der Waals surface area (Å²) in [6.07, 6.45) is 4.55. The summed E-state index contributed by atoms with van der Waals surface area (Å²) < 4.78 is 1.75. The minimum atomic E-state index is -0.114. The third-order valence-electron chi connectivity index (χ3n) is 4.05. The van der Waals surface area contributed by atoms with Gasteiger partial charge in [0, 0.05) is 24.3 Å². The van der Waals surface area contributed by atoms with Gasteiger partial charge in [0.05, 0.1) is 16.6 Å². The molecular formula is C15H15N5OS. The summed E-state index contributed by atoms with van der Waals surface area (Å²) in [5.41, 5.74) is 4.43. The molecule has 1 amide bonds. The van der Waals surface area contributed by atoms with Gasteiger partial charge in [-0.2, -0.15) is 5.10 Å². The molecule has 0 aliphatic heterocycles. The van der Waals surface area contributed by atoms with Crippen LogP contribution in [0.2, 0.25) is 0 Å². The average molecular weight is 313 g/mol. The van der Waals surface area contributed by atoms with E-state index in [9.17, 15) is 4.79 Å². The SMILES string of the molecule is Cc1nn(C)c2nc3c(c(C(=O)Nc4nccs4)c12)CCC3. The zero-order chi connectivity index (χ0) is 15.3. The molecule has 0 aromatic carbocycles. The molecule has 6 nitrogen and oxygen atoms in total. The Morgan fingerprint density at radius 1 is 1.41 bits per heavy atom. The van der Waals surface area contributed by atoms with E-state index < -0.39 is 0 Å². The molecule has 0 unspecified atom stereocenters. The highest BCUT2D eigenvalue weighted by Crippen LogP contribution is 2.32. The molecule has 3 aromatic rings. The maximum absolute atomic E-state index is 12.8. The highest BCUT2D eigenvalue weighted by Gasteiger charge is 2.27. The van der Waals surface area contributed by atoms with E-state index in [4.69, 9.17) is 4.98 Å². The highest BCUT2D eigenvalue weighted by molar-refractivity contribution is 7.13. The maximum Gasteiger partial charge on any atom is 0.258 e. The van der Waals surface area contributed by atoms with Crippen LogP contribution in [0, 0.1) is 6.92 Å². The lowest BCUT2D eigenvalue weighted by molar-refractivity contribution is 0.102. The second-order valence-electron chi connectivity index (χ2n) is 5.46. The molecule has 3 aromatic heterocycles. The number of thiazole rings is 1. The van der Waals surface area contributed by atoms with E-state index in [-0.39, 0.29) is 5.91 Å². The lowest BCUT2D eigenvalue weighted by atomic mass is 10.0. The van der Waals surface area contributed by atoms with Gasteiger partial charge in [0.25, 0.3) is 5.91 Å². The molecule has 3 heterocycles. The first-order valence-electron chi connectivity index (χ1n) is 7.21. The fourth-order valence-corrected chi connectivity index (χ4v) is 3.69. The number of carbonyl (C=O) groups excluding carboxylic acids is 1. The van der Waals surface area contributed by atoms with E-state index in [0.29, 0.717) is 5.13 Å². The number of aromatic nitrogens is 4. The molecule has 1 aliphatic carbocycles. The van der Waals surface area contributed by atoms with Gasteiger partial charge in [0.15, 0.2) is 10.8 Å². The number of hydrogen-bond donors (Lipinski definition) is 1. The van der Waals surface area contributed by atoms with Crippen LogP contribution in [0.25, 0.3) is 11.0 Å². The van der Waals surface area contributed by atoms with Crippen molar-refractivity contribution in [3.8, 4) is 0 Å². The van der Waals surface area contributed by atoms with E-state index in [1.54, 1.807) is 10.9 Å². The quantitative estimate of drug-likeness (QED) is 0.789. The molecule has 1 aliphatic rings. The minimum Gasteiger partial charge on any atom is -0.298 e. The summed E-state index contributed by atoms with van der Waals surface area (Å²) in [5.74, 6) is -0.114. The van der Waals surface area contributed by atoms with Gasteiger partial charge in [0.2, 0.25) is 0 Å². The molecule has 112 valence electrons. The maximum atomic E-state index is 12.8. The van der Waals surface area contributed by atoms with Gasteiger partial charge in [-0.3, -0.25) is 14.8 Å². The molecule has 0 radical (unpaired) electrons. The molecule has 0 atom stereocenters. The second-order valence-corrected chi connectivity index (χ2v) is 6.36. The summed E-state index contributed by atoms with van der Waals surface area (Å²) in [6, 6.07) is 0. The molecule has 0 bridgehead atoms. The monoisotopic (exact) mass is 313 g/mol. The third-order valence-corrected chi connectivity index (χ3v) is 4.74. The number of aryl methyl sites for hydroxylation is 3. The predicted molar refractivity (Wildman–Crippen MR) is 85.3 cm³/mol. The zero-order valence-electron chi connectivity index (χ0n) is 12.4. The van der Waals surface area contributed by atoms with Gasteiger partial charge in [0.1, 0.15) is 0 Å². The summed E-state index contributed by atoms with van der Waals surface area (Å²) in [7, 11) is 1.87. The van der Waals surface area contributed by atoms with Crippen molar-refractivity contribution in [1.29, 1.82) is 0 Å². The summed E-state index contributed by atoms with van der Waals surface area (Å²) in [4.78, 5) is 21.7. The Labute approximate surface area is 131 Å². The first-order chi connectivity index (χ1) is 10.6. The van der Waals surface area contributed by atoms with Crippen LogP contribution < -0.4 is 5.32 Å². The summed E-state index contributed by atoms with van der Waals surface area (Å²) in [5, 5.41) is 10.6. The van der Waals surface area contributed by atoms with E-state index in [1.165, 1.54) is 11.3 Å². The number of fused-ring (bicyclic) bond motifs is 2. The predicted octanol–water partition coefficient (Wildman–Crippen LogP) is 2.47. The first-order valence-corrected chi connectivity index (χ1v) is 8.09. The van der Waals surface area contributed by atoms with Crippen molar-refractivity contribution in [2.24, 2.45) is 7.05 Å². The van der Waals surface area contributed by atoms with E-state index in [2.05, 4.69) is 15.4 Å². The van der Waals surface area contributed by atoms with Crippen molar-refractivity contribution in [2.75, 3.05) is 5.32 Å². The smallest absolute Gasteiger partial charge is 0.258 e. The first kappa shape index (κ1) is 13.4. The van der Waals surface area contributed by atoms with Gasteiger partial charge < -0.3 is 0 Å². The van der Waals surface area contributed by atoms with Crippen molar-refractivity contribution >= 4 is 33.4 Å². The topological polar surface area (TPSA) is 72.7 Å². The lowest BCUT2D eigenvalue weighted by Gasteiger charge is -2.10. The molecule has 22 heavy (non-hydrogen) atoms. The van der Waals surface area contributed by atoms with Crippen molar-refractivity contribution in [3.05, 3.63) is 34.1 Å². The number of amides is 1. The number of rotatable bonds is 2. The lowest BCUT2D eigenvalue weighted by Crippen LogP contribution is -2.15. The Morgan fingerprint density at radius 2 is 2.27 bits per heavy atom. The fraction of sp³-hybridized carbons (Fsp3) is 0.333. The highest BCUT2D eigenvalue weighted by atomic mass is 32.1. The Balaban J connectivity index is 1.93. The number of carbonyl (C=O) groups is 1. The number of nitrogens with zero attached hydrogens (tertiary/aromatic N) is 4. The molecule has 4 rings (SSSR count). The van der Waals surface area contributed by atoms with Crippen LogP contribution in [0.1, 0.15) is 33.7 Å². The molecule has 0 saturated heterocycles. The normalized spacial score (nSPS) is 13.5. The Morgan fingerprint density at radius 3 is 3.05 bits per heavy atom. The van der Waals surface area contributed by atoms with Crippen molar-refractivity contribution in [1.82, 2.24) is 19.7 Å². The molecular weight excluding hydrogens is 298 g/mol. The second kappa shape index (κ2) is 4.88. The van der Waals surface area contributed by atoms with Crippen LogP contribution in [0.4, 0.5) is 5.13 Å². The van der Waals surface area contributed by atoms with E-state index in [1.807, 2.05) is 19.4 Å². The molecule has 1 N–H and O–H groups in total. The van der Waals surface area contributed by atoms with Crippen LogP contribution in [0.5, 0.6) is 0 Å². The molecule has 0 spiro atoms. The van der Waals surface area contributed by atoms with Gasteiger partial charge in [-0.15, -0.1) is 11.3 Å². The van der Waals surface area contributed by atoms with Gasteiger partial charge >= 0.3 is 0 Å². The van der Waals surface area contributed by atoms with Crippen LogP contribution in [-0.4, -0.2) is 25.7 Å². The van der Waals surface area contributed by atoms with E-state index >= 15 is 0 Å². The average Bonchev–Trinajstić information content (AvgIpc) is 3.19. The third kappa shape index (κ3) is 1.93.